The molecule has 1 amide bonds. The monoisotopic (exact) mass is 225 g/mol. The molecule has 80 valence electrons. The lowest BCUT2D eigenvalue weighted by Crippen LogP contribution is -2.60. The average molecular weight is 225 g/mol. The highest BCUT2D eigenvalue weighted by Gasteiger charge is 2.51. The molecule has 1 saturated heterocycles. The molecule has 2 heterocycles. The van der Waals surface area contributed by atoms with Crippen molar-refractivity contribution in [2.75, 3.05) is 5.75 Å². The number of carbonyl (C=O) groups excluding carboxylic acids is 2. The number of hydrogen-bond acceptors (Lipinski definition) is 3. The molecule has 1 fully saturated rings. The molecule has 0 aliphatic carbocycles. The minimum absolute atomic E-state index is 0.0336. The van der Waals surface area contributed by atoms with Gasteiger partial charge in [0.15, 0.2) is 0 Å². The van der Waals surface area contributed by atoms with Crippen LogP contribution in [-0.4, -0.2) is 27.9 Å². The third kappa shape index (κ3) is 1.56. The van der Waals surface area contributed by atoms with Gasteiger partial charge in [0, 0.05) is 10.9 Å². The summed E-state index contributed by atoms with van der Waals surface area (Å²) >= 11 is 0. The van der Waals surface area contributed by atoms with E-state index in [0.717, 1.165) is 0 Å². The number of carbonyl (C=O) groups is 2. The van der Waals surface area contributed by atoms with Gasteiger partial charge in [-0.05, 0) is 19.1 Å². The lowest BCUT2D eigenvalue weighted by atomic mass is 10.1. The molecule has 2 aliphatic heterocycles. The van der Waals surface area contributed by atoms with Crippen LogP contribution in [0.1, 0.15) is 13.3 Å². The highest BCUT2D eigenvalue weighted by Crippen LogP contribution is 2.34. The molecule has 0 aromatic heterocycles. The van der Waals surface area contributed by atoms with Gasteiger partial charge in [-0.1, -0.05) is 0 Å². The van der Waals surface area contributed by atoms with Crippen LogP contribution in [0.25, 0.3) is 0 Å². The number of carboxylic acids is 1. The van der Waals surface area contributed by atoms with E-state index in [1.54, 1.807) is 6.08 Å². The standard InChI is InChI=1S/C10H11NO3S/c1-2-4-15-5-3-7(10(13)14)11-8(12)6-9(11)15/h2-4,9H,5-6H2,1H3/b4-2+/t9-,15?/m1/s1. The van der Waals surface area contributed by atoms with Crippen molar-refractivity contribution in [3.8, 4) is 0 Å². The van der Waals surface area contributed by atoms with Crippen LogP contribution in [0.5, 0.6) is 0 Å². The van der Waals surface area contributed by atoms with Crippen LogP contribution in [-0.2, 0) is 20.5 Å². The van der Waals surface area contributed by atoms with Gasteiger partial charge in [-0.25, -0.2) is 0 Å². The summed E-state index contributed by atoms with van der Waals surface area (Å²) in [5.41, 5.74) is 0.0458. The van der Waals surface area contributed by atoms with E-state index in [4.69, 9.17) is 0 Å². The average Bonchev–Trinajstić information content (AvgIpc) is 2.18. The molecule has 4 nitrogen and oxygen atoms in total. The van der Waals surface area contributed by atoms with E-state index in [1.165, 1.54) is 4.90 Å². The Bertz CT molecular complexity index is 375. The third-order valence-electron chi connectivity index (χ3n) is 2.50. The van der Waals surface area contributed by atoms with Crippen LogP contribution >= 0.6 is 0 Å². The number of carboxylic acid groups (broad SMARTS) is 1. The molecule has 0 saturated carbocycles. The maximum Gasteiger partial charge on any atom is 0.238 e. The van der Waals surface area contributed by atoms with E-state index in [-0.39, 0.29) is 27.9 Å². The number of rotatable bonds is 2. The Kier molecular flexibility index (Phi) is 2.56. The Hall–Kier alpha value is -1.23. The van der Waals surface area contributed by atoms with Crippen LogP contribution < -0.4 is 5.11 Å². The summed E-state index contributed by atoms with van der Waals surface area (Å²) in [6.45, 7) is 1.93. The molecule has 0 spiro atoms. The second kappa shape index (κ2) is 3.73. The zero-order chi connectivity index (χ0) is 11.0. The van der Waals surface area contributed by atoms with Crippen LogP contribution in [0, 0.1) is 0 Å². The second-order valence-electron chi connectivity index (χ2n) is 3.40. The largest absolute Gasteiger partial charge is 0.543 e. The van der Waals surface area contributed by atoms with Crippen molar-refractivity contribution in [3.63, 3.8) is 0 Å². The SMILES string of the molecule is C/C=C/[S+]1CC=C(C(=O)[O-])N2C(=O)C[C@H]21. The first-order valence-corrected chi connectivity index (χ1v) is 6.22. The van der Waals surface area contributed by atoms with Gasteiger partial charge < -0.3 is 9.90 Å². The number of β-lactam (4-membered cyclic amide) rings is 1. The Morgan fingerprint density at radius 2 is 2.47 bits per heavy atom. The van der Waals surface area contributed by atoms with Crippen LogP contribution in [0.2, 0.25) is 0 Å². The van der Waals surface area contributed by atoms with Gasteiger partial charge in [0.05, 0.1) is 18.1 Å². The number of hydrogen-bond donors (Lipinski definition) is 0. The first-order valence-electron chi connectivity index (χ1n) is 4.70. The van der Waals surface area contributed by atoms with E-state index >= 15 is 0 Å². The Morgan fingerprint density at radius 1 is 1.73 bits per heavy atom. The van der Waals surface area contributed by atoms with E-state index in [2.05, 4.69) is 0 Å². The Balaban J connectivity index is 2.26. The fourth-order valence-electron chi connectivity index (χ4n) is 1.81. The van der Waals surface area contributed by atoms with E-state index in [9.17, 15) is 14.7 Å². The molecule has 0 radical (unpaired) electrons. The topological polar surface area (TPSA) is 60.4 Å². The summed E-state index contributed by atoms with van der Waals surface area (Å²) in [5, 5.41) is 12.9. The number of aliphatic carboxylic acids is 1. The second-order valence-corrected chi connectivity index (χ2v) is 5.49. The van der Waals surface area contributed by atoms with Gasteiger partial charge >= 0.3 is 0 Å². The molecule has 2 rings (SSSR count). The minimum atomic E-state index is -1.25. The Labute approximate surface area is 90.6 Å². The molecule has 15 heavy (non-hydrogen) atoms. The van der Waals surface area contributed by atoms with Gasteiger partial charge in [-0.2, -0.15) is 0 Å². The summed E-state index contributed by atoms with van der Waals surface area (Å²) < 4.78 is 0. The van der Waals surface area contributed by atoms with Crippen LogP contribution in [0.4, 0.5) is 0 Å². The maximum atomic E-state index is 11.3. The molecular weight excluding hydrogens is 214 g/mol. The maximum absolute atomic E-state index is 11.3. The normalized spacial score (nSPS) is 29.8. The molecule has 0 N–H and O–H groups in total. The summed E-state index contributed by atoms with van der Waals surface area (Å²) in [6.07, 6.45) is 3.99. The summed E-state index contributed by atoms with van der Waals surface area (Å²) in [7, 11) is -0.0336. The Morgan fingerprint density at radius 3 is 3.00 bits per heavy atom. The summed E-state index contributed by atoms with van der Waals surface area (Å²) in [5.74, 6) is -0.670. The van der Waals surface area contributed by atoms with Crippen molar-refractivity contribution in [1.29, 1.82) is 0 Å². The van der Waals surface area contributed by atoms with Gasteiger partial charge in [-0.3, -0.25) is 9.69 Å². The molecular formula is C10H11NO3S. The molecule has 2 aliphatic rings. The number of amides is 1. The van der Waals surface area contributed by atoms with E-state index in [0.29, 0.717) is 12.2 Å². The number of nitrogens with zero attached hydrogens (tertiary/aromatic N) is 1. The molecule has 0 aromatic rings. The smallest absolute Gasteiger partial charge is 0.238 e. The first kappa shape index (κ1) is 10.3. The quantitative estimate of drug-likeness (QED) is 0.463. The lowest BCUT2D eigenvalue weighted by molar-refractivity contribution is -0.301. The highest BCUT2D eigenvalue weighted by molar-refractivity contribution is 8.00. The van der Waals surface area contributed by atoms with Crippen LogP contribution in [0.3, 0.4) is 0 Å². The predicted octanol–water partition coefficient (Wildman–Crippen LogP) is -0.656. The van der Waals surface area contributed by atoms with E-state index in [1.807, 2.05) is 18.4 Å². The zero-order valence-electron chi connectivity index (χ0n) is 8.30. The highest BCUT2D eigenvalue weighted by atomic mass is 32.2. The molecule has 0 aromatic carbocycles. The lowest BCUT2D eigenvalue weighted by Gasteiger charge is -2.41. The van der Waals surface area contributed by atoms with Crippen LogP contribution in [0.15, 0.2) is 23.3 Å². The van der Waals surface area contributed by atoms with Gasteiger partial charge in [0.1, 0.15) is 11.2 Å². The van der Waals surface area contributed by atoms with Gasteiger partial charge in [0.2, 0.25) is 11.3 Å². The van der Waals surface area contributed by atoms with Crippen molar-refractivity contribution in [2.24, 2.45) is 0 Å². The zero-order valence-corrected chi connectivity index (χ0v) is 9.12. The van der Waals surface area contributed by atoms with Crippen molar-refractivity contribution in [2.45, 2.75) is 18.7 Å². The summed E-state index contributed by atoms with van der Waals surface area (Å²) in [4.78, 5) is 23.4. The van der Waals surface area contributed by atoms with E-state index < -0.39 is 5.97 Å². The van der Waals surface area contributed by atoms with Crippen molar-refractivity contribution >= 4 is 22.8 Å². The fraction of sp³-hybridized carbons (Fsp3) is 0.400. The van der Waals surface area contributed by atoms with Crippen molar-refractivity contribution < 1.29 is 14.7 Å². The molecule has 1 unspecified atom stereocenters. The van der Waals surface area contributed by atoms with Gasteiger partial charge in [-0.15, -0.1) is 0 Å². The molecule has 0 bridgehead atoms. The molecule has 5 heteroatoms. The number of allylic oxidation sites excluding steroid dienone is 1. The predicted molar refractivity (Wildman–Crippen MR) is 55.4 cm³/mol. The summed E-state index contributed by atoms with van der Waals surface area (Å²) in [6, 6.07) is 0. The third-order valence-corrected chi connectivity index (χ3v) is 4.75. The fourth-order valence-corrected chi connectivity index (χ4v) is 3.88. The van der Waals surface area contributed by atoms with Crippen molar-refractivity contribution in [3.05, 3.63) is 23.3 Å². The molecule has 2 atom stereocenters. The van der Waals surface area contributed by atoms with Crippen molar-refractivity contribution in [1.82, 2.24) is 4.90 Å². The minimum Gasteiger partial charge on any atom is -0.543 e. The van der Waals surface area contributed by atoms with Gasteiger partial charge in [0.25, 0.3) is 0 Å². The number of fused-ring (bicyclic) bond motifs is 1. The first-order chi connectivity index (χ1) is 7.15.